The van der Waals surface area contributed by atoms with Crippen LogP contribution in [0.25, 0.3) is 22.2 Å². The van der Waals surface area contributed by atoms with Gasteiger partial charge in [0.15, 0.2) is 0 Å². The Morgan fingerprint density at radius 1 is 1.07 bits per heavy atom. The number of hydrogen-bond donors (Lipinski definition) is 1. The van der Waals surface area contributed by atoms with Crippen LogP contribution in [0.15, 0.2) is 77.5 Å². The van der Waals surface area contributed by atoms with Gasteiger partial charge in [-0.2, -0.15) is 0 Å². The van der Waals surface area contributed by atoms with Crippen LogP contribution in [0.4, 0.5) is 0 Å². The summed E-state index contributed by atoms with van der Waals surface area (Å²) in [6, 6.07) is 18.7. The average molecular weight is 453 g/mol. The first kappa shape index (κ1) is 18.6. The van der Waals surface area contributed by atoms with Gasteiger partial charge in [0.25, 0.3) is 5.91 Å². The Balaban J connectivity index is 1.73. The number of nitrogens with zero attached hydrogens (tertiary/aromatic N) is 2. The number of fused-ring (bicyclic) bond motifs is 1. The minimum Gasteiger partial charge on any atom is -0.348 e. The molecule has 138 valence electrons. The van der Waals surface area contributed by atoms with E-state index in [0.29, 0.717) is 22.8 Å². The van der Waals surface area contributed by atoms with Crippen molar-refractivity contribution in [1.82, 2.24) is 15.3 Å². The molecular formula is C22H15BrClN3O. The third-order valence-corrected chi connectivity index (χ3v) is 5.04. The minimum atomic E-state index is -0.171. The van der Waals surface area contributed by atoms with Crippen molar-refractivity contribution in [3.05, 3.63) is 93.7 Å². The Hall–Kier alpha value is -2.76. The number of carbonyl (C=O) groups is 1. The molecule has 0 fully saturated rings. The lowest BCUT2D eigenvalue weighted by Crippen LogP contribution is -2.23. The number of carbonyl (C=O) groups excluding carboxylic acids is 1. The van der Waals surface area contributed by atoms with E-state index in [0.717, 1.165) is 26.5 Å². The number of aromatic nitrogens is 2. The van der Waals surface area contributed by atoms with E-state index in [-0.39, 0.29) is 5.91 Å². The lowest BCUT2D eigenvalue weighted by atomic mass is 10.0. The van der Waals surface area contributed by atoms with E-state index in [2.05, 4.69) is 26.2 Å². The number of halogens is 2. The molecule has 4 rings (SSSR count). The van der Waals surface area contributed by atoms with Crippen molar-refractivity contribution in [2.75, 3.05) is 0 Å². The van der Waals surface area contributed by atoms with Gasteiger partial charge in [0, 0.05) is 39.4 Å². The smallest absolute Gasteiger partial charge is 0.252 e. The van der Waals surface area contributed by atoms with Crippen LogP contribution in [-0.4, -0.2) is 15.9 Å². The van der Waals surface area contributed by atoms with Gasteiger partial charge in [0.05, 0.1) is 16.8 Å². The number of nitrogens with one attached hydrogen (secondary N) is 1. The largest absolute Gasteiger partial charge is 0.348 e. The zero-order valence-electron chi connectivity index (χ0n) is 14.7. The summed E-state index contributed by atoms with van der Waals surface area (Å²) in [6.45, 7) is 0.388. The summed E-state index contributed by atoms with van der Waals surface area (Å²) in [6.07, 6.45) is 3.45. The lowest BCUT2D eigenvalue weighted by molar-refractivity contribution is 0.0952. The summed E-state index contributed by atoms with van der Waals surface area (Å²) >= 11 is 9.51. The van der Waals surface area contributed by atoms with Crippen molar-refractivity contribution in [2.24, 2.45) is 0 Å². The molecule has 0 atom stereocenters. The van der Waals surface area contributed by atoms with Gasteiger partial charge in [-0.1, -0.05) is 39.7 Å². The standard InChI is InChI=1S/C22H15BrClN3O/c23-16-6-7-20-18(10-16)19(11-21(27-20)15-4-2-8-25-13-15)22(28)26-12-14-3-1-5-17(24)9-14/h1-11,13H,12H2,(H,26,28). The van der Waals surface area contributed by atoms with E-state index in [9.17, 15) is 4.79 Å². The number of rotatable bonds is 4. The highest BCUT2D eigenvalue weighted by Crippen LogP contribution is 2.27. The van der Waals surface area contributed by atoms with Crippen LogP contribution in [0.5, 0.6) is 0 Å². The predicted octanol–water partition coefficient (Wildman–Crippen LogP) is 5.64. The third kappa shape index (κ3) is 4.06. The first-order chi connectivity index (χ1) is 13.6. The van der Waals surface area contributed by atoms with Crippen LogP contribution < -0.4 is 5.32 Å². The summed E-state index contributed by atoms with van der Waals surface area (Å²) in [5.41, 5.74) is 3.81. The zero-order valence-corrected chi connectivity index (χ0v) is 17.0. The van der Waals surface area contributed by atoms with Crippen LogP contribution in [-0.2, 0) is 6.54 Å². The first-order valence-electron chi connectivity index (χ1n) is 8.63. The van der Waals surface area contributed by atoms with Crippen molar-refractivity contribution < 1.29 is 4.79 Å². The van der Waals surface area contributed by atoms with Gasteiger partial charge in [-0.15, -0.1) is 0 Å². The Morgan fingerprint density at radius 2 is 1.96 bits per heavy atom. The molecule has 0 saturated heterocycles. The Bertz CT molecular complexity index is 1170. The van der Waals surface area contributed by atoms with Gasteiger partial charge in [-0.3, -0.25) is 9.78 Å². The molecule has 4 nitrogen and oxygen atoms in total. The maximum absolute atomic E-state index is 13.0. The SMILES string of the molecule is O=C(NCc1cccc(Cl)c1)c1cc(-c2cccnc2)nc2ccc(Br)cc12. The highest BCUT2D eigenvalue weighted by Gasteiger charge is 2.14. The molecule has 2 heterocycles. The molecule has 0 aliphatic carbocycles. The molecule has 0 aliphatic heterocycles. The van der Waals surface area contributed by atoms with Crippen molar-refractivity contribution in [3.63, 3.8) is 0 Å². The Morgan fingerprint density at radius 3 is 2.75 bits per heavy atom. The van der Waals surface area contributed by atoms with Crippen LogP contribution >= 0.6 is 27.5 Å². The van der Waals surface area contributed by atoms with Gasteiger partial charge in [0.1, 0.15) is 0 Å². The molecule has 28 heavy (non-hydrogen) atoms. The van der Waals surface area contributed by atoms with Crippen LogP contribution in [0, 0.1) is 0 Å². The Labute approximate surface area is 175 Å². The molecule has 0 bridgehead atoms. The molecule has 1 amide bonds. The Kier molecular flexibility index (Phi) is 5.37. The van der Waals surface area contributed by atoms with Crippen LogP contribution in [0.1, 0.15) is 15.9 Å². The van der Waals surface area contributed by atoms with Crippen molar-refractivity contribution in [3.8, 4) is 11.3 Å². The van der Waals surface area contributed by atoms with Gasteiger partial charge in [0.2, 0.25) is 0 Å². The summed E-state index contributed by atoms with van der Waals surface area (Å²) in [4.78, 5) is 21.9. The van der Waals surface area contributed by atoms with E-state index in [1.165, 1.54) is 0 Å². The average Bonchev–Trinajstić information content (AvgIpc) is 2.72. The fraction of sp³-hybridized carbons (Fsp3) is 0.0455. The fourth-order valence-electron chi connectivity index (χ4n) is 2.97. The monoisotopic (exact) mass is 451 g/mol. The second-order valence-electron chi connectivity index (χ2n) is 6.27. The van der Waals surface area contributed by atoms with Crippen molar-refractivity contribution >= 4 is 44.3 Å². The number of amides is 1. The third-order valence-electron chi connectivity index (χ3n) is 4.31. The van der Waals surface area contributed by atoms with Gasteiger partial charge >= 0.3 is 0 Å². The molecule has 6 heteroatoms. The molecule has 2 aromatic carbocycles. The molecule has 0 spiro atoms. The van der Waals surface area contributed by atoms with E-state index < -0.39 is 0 Å². The number of hydrogen-bond acceptors (Lipinski definition) is 3. The topological polar surface area (TPSA) is 54.9 Å². The highest BCUT2D eigenvalue weighted by atomic mass is 79.9. The molecule has 2 aromatic heterocycles. The van der Waals surface area contributed by atoms with Crippen LogP contribution in [0.3, 0.4) is 0 Å². The van der Waals surface area contributed by atoms with Crippen molar-refractivity contribution in [2.45, 2.75) is 6.54 Å². The minimum absolute atomic E-state index is 0.171. The van der Waals surface area contributed by atoms with Gasteiger partial charge in [-0.05, 0) is 54.1 Å². The molecule has 0 radical (unpaired) electrons. The van der Waals surface area contributed by atoms with Gasteiger partial charge < -0.3 is 5.32 Å². The molecule has 0 unspecified atom stereocenters. The number of pyridine rings is 2. The summed E-state index contributed by atoms with van der Waals surface area (Å²) in [5.74, 6) is -0.171. The second kappa shape index (κ2) is 8.09. The number of benzene rings is 2. The quantitative estimate of drug-likeness (QED) is 0.436. The summed E-state index contributed by atoms with van der Waals surface area (Å²) in [5, 5.41) is 4.40. The normalized spacial score (nSPS) is 10.8. The van der Waals surface area contributed by atoms with Crippen molar-refractivity contribution in [1.29, 1.82) is 0 Å². The zero-order chi connectivity index (χ0) is 19.5. The second-order valence-corrected chi connectivity index (χ2v) is 7.62. The lowest BCUT2D eigenvalue weighted by Gasteiger charge is -2.11. The molecule has 0 saturated carbocycles. The summed E-state index contributed by atoms with van der Waals surface area (Å²) in [7, 11) is 0. The van der Waals surface area contributed by atoms with Crippen LogP contribution in [0.2, 0.25) is 5.02 Å². The molecule has 1 N–H and O–H groups in total. The first-order valence-corrected chi connectivity index (χ1v) is 9.80. The molecular weight excluding hydrogens is 438 g/mol. The van der Waals surface area contributed by atoms with E-state index in [1.807, 2.05) is 48.5 Å². The molecule has 4 aromatic rings. The summed E-state index contributed by atoms with van der Waals surface area (Å²) < 4.78 is 0.889. The maximum atomic E-state index is 13.0. The van der Waals surface area contributed by atoms with E-state index in [4.69, 9.17) is 16.6 Å². The molecule has 0 aliphatic rings. The maximum Gasteiger partial charge on any atom is 0.252 e. The predicted molar refractivity (Wildman–Crippen MR) is 115 cm³/mol. The highest BCUT2D eigenvalue weighted by molar-refractivity contribution is 9.10. The van der Waals surface area contributed by atoms with E-state index >= 15 is 0 Å². The van der Waals surface area contributed by atoms with Gasteiger partial charge in [-0.25, -0.2) is 4.98 Å². The fourth-order valence-corrected chi connectivity index (χ4v) is 3.55. The van der Waals surface area contributed by atoms with E-state index in [1.54, 1.807) is 24.5 Å².